The Balaban J connectivity index is 1.78. The molecule has 2 aromatic carbocycles. The number of hydrogen-bond donors (Lipinski definition) is 1. The minimum atomic E-state index is 0.673. The van der Waals surface area contributed by atoms with Gasteiger partial charge in [0.2, 0.25) is 0 Å². The number of rotatable bonds is 5. The van der Waals surface area contributed by atoms with Crippen molar-refractivity contribution in [2.45, 2.75) is 13.3 Å². The van der Waals surface area contributed by atoms with Crippen LogP contribution in [0.4, 0.5) is 5.69 Å². The summed E-state index contributed by atoms with van der Waals surface area (Å²) in [6.45, 7) is 2.74. The molecule has 2 heteroatoms. The fraction of sp³-hybridized carbons (Fsp3) is 0.176. The third-order valence-electron chi connectivity index (χ3n) is 2.87. The minimum absolute atomic E-state index is 0.673. The zero-order valence-electron chi connectivity index (χ0n) is 11.2. The quantitative estimate of drug-likeness (QED) is 0.644. The molecule has 0 saturated heterocycles. The van der Waals surface area contributed by atoms with Crippen molar-refractivity contribution in [3.05, 3.63) is 65.7 Å². The summed E-state index contributed by atoms with van der Waals surface area (Å²) in [5, 5.41) is 0. The molecule has 2 nitrogen and oxygen atoms in total. The summed E-state index contributed by atoms with van der Waals surface area (Å²) in [5.41, 5.74) is 8.96. The fourth-order valence-corrected chi connectivity index (χ4v) is 1.75. The number of nitrogen functional groups attached to an aromatic ring is 1. The maximum absolute atomic E-state index is 5.86. The second-order valence-electron chi connectivity index (χ2n) is 4.48. The highest BCUT2D eigenvalue weighted by molar-refractivity contribution is 5.63. The van der Waals surface area contributed by atoms with Crippen molar-refractivity contribution in [2.24, 2.45) is 0 Å². The molecule has 0 saturated carbocycles. The molecule has 0 aromatic heterocycles. The lowest BCUT2D eigenvalue weighted by Gasteiger charge is -2.04. The number of aryl methyl sites for hydroxylation is 1. The van der Waals surface area contributed by atoms with E-state index >= 15 is 0 Å². The van der Waals surface area contributed by atoms with E-state index in [0.29, 0.717) is 6.61 Å². The largest absolute Gasteiger partial charge is 0.493 e. The molecule has 0 amide bonds. The molecule has 0 bridgehead atoms. The van der Waals surface area contributed by atoms with E-state index in [1.54, 1.807) is 0 Å². The van der Waals surface area contributed by atoms with Crippen LogP contribution in [0.1, 0.15) is 17.5 Å². The molecule has 0 atom stereocenters. The molecule has 19 heavy (non-hydrogen) atoms. The average Bonchev–Trinajstić information content (AvgIpc) is 2.42. The van der Waals surface area contributed by atoms with Crippen molar-refractivity contribution >= 4 is 11.8 Å². The van der Waals surface area contributed by atoms with Gasteiger partial charge < -0.3 is 10.5 Å². The summed E-state index contributed by atoms with van der Waals surface area (Å²) < 4.78 is 5.65. The normalized spacial score (nSPS) is 10.8. The molecule has 2 aromatic rings. The zero-order chi connectivity index (χ0) is 13.5. The number of hydrogen-bond acceptors (Lipinski definition) is 2. The van der Waals surface area contributed by atoms with E-state index in [-0.39, 0.29) is 0 Å². The predicted molar refractivity (Wildman–Crippen MR) is 81.2 cm³/mol. The van der Waals surface area contributed by atoms with Crippen LogP contribution < -0.4 is 10.5 Å². The molecular weight excluding hydrogens is 234 g/mol. The van der Waals surface area contributed by atoms with Crippen LogP contribution in [-0.4, -0.2) is 6.61 Å². The summed E-state index contributed by atoms with van der Waals surface area (Å²) in [7, 11) is 0. The maximum Gasteiger partial charge on any atom is 0.119 e. The Bertz CT molecular complexity index is 543. The molecule has 0 fully saturated rings. The first kappa shape index (κ1) is 13.2. The summed E-state index contributed by atoms with van der Waals surface area (Å²) in [5.74, 6) is 0.915. The maximum atomic E-state index is 5.86. The standard InChI is InChI=1S/C17H19NO/c1-14-9-11-16(12-10-14)19-13-5-4-7-15-6-2-3-8-17(15)18/h2-4,6-12H,5,13,18H2,1H3/b7-4-. The smallest absolute Gasteiger partial charge is 0.119 e. The summed E-state index contributed by atoms with van der Waals surface area (Å²) >= 11 is 0. The van der Waals surface area contributed by atoms with Crippen molar-refractivity contribution in [1.82, 2.24) is 0 Å². The molecule has 0 aliphatic heterocycles. The Labute approximate surface area is 114 Å². The van der Waals surface area contributed by atoms with E-state index in [0.717, 1.165) is 23.4 Å². The van der Waals surface area contributed by atoms with Crippen LogP contribution in [0.15, 0.2) is 54.6 Å². The molecule has 98 valence electrons. The third kappa shape index (κ3) is 4.18. The summed E-state index contributed by atoms with van der Waals surface area (Å²) in [4.78, 5) is 0. The van der Waals surface area contributed by atoms with Crippen LogP contribution in [-0.2, 0) is 0 Å². The van der Waals surface area contributed by atoms with E-state index in [1.165, 1.54) is 5.56 Å². The second kappa shape index (κ2) is 6.64. The Morgan fingerprint density at radius 1 is 1.05 bits per heavy atom. The fourth-order valence-electron chi connectivity index (χ4n) is 1.75. The molecule has 0 aliphatic rings. The first-order valence-corrected chi connectivity index (χ1v) is 6.46. The van der Waals surface area contributed by atoms with Crippen LogP contribution in [0.3, 0.4) is 0 Å². The molecule has 0 heterocycles. The molecule has 2 N–H and O–H groups in total. The number of anilines is 1. The van der Waals surface area contributed by atoms with Gasteiger partial charge in [-0.25, -0.2) is 0 Å². The van der Waals surface area contributed by atoms with Gasteiger partial charge in [-0.2, -0.15) is 0 Å². The van der Waals surface area contributed by atoms with Crippen LogP contribution in [0, 0.1) is 6.92 Å². The molecule has 0 unspecified atom stereocenters. The van der Waals surface area contributed by atoms with Crippen LogP contribution in [0.5, 0.6) is 5.75 Å². The highest BCUT2D eigenvalue weighted by Crippen LogP contribution is 2.13. The lowest BCUT2D eigenvalue weighted by molar-refractivity contribution is 0.325. The lowest BCUT2D eigenvalue weighted by atomic mass is 10.1. The molecule has 0 spiro atoms. The van der Waals surface area contributed by atoms with Gasteiger partial charge in [0, 0.05) is 5.69 Å². The van der Waals surface area contributed by atoms with Gasteiger partial charge in [0.05, 0.1) is 6.61 Å². The SMILES string of the molecule is Cc1ccc(OCC/C=C\c2ccccc2N)cc1. The van der Waals surface area contributed by atoms with Gasteiger partial charge in [-0.05, 0) is 37.1 Å². The molecule has 2 rings (SSSR count). The third-order valence-corrected chi connectivity index (χ3v) is 2.87. The van der Waals surface area contributed by atoms with Gasteiger partial charge in [-0.1, -0.05) is 48.0 Å². The van der Waals surface area contributed by atoms with E-state index < -0.39 is 0 Å². The zero-order valence-corrected chi connectivity index (χ0v) is 11.2. The van der Waals surface area contributed by atoms with Crippen LogP contribution >= 0.6 is 0 Å². The van der Waals surface area contributed by atoms with Gasteiger partial charge >= 0.3 is 0 Å². The van der Waals surface area contributed by atoms with E-state index in [9.17, 15) is 0 Å². The first-order valence-electron chi connectivity index (χ1n) is 6.46. The van der Waals surface area contributed by atoms with Crippen molar-refractivity contribution in [1.29, 1.82) is 0 Å². The Morgan fingerprint density at radius 2 is 1.79 bits per heavy atom. The topological polar surface area (TPSA) is 35.2 Å². The minimum Gasteiger partial charge on any atom is -0.493 e. The summed E-state index contributed by atoms with van der Waals surface area (Å²) in [6.07, 6.45) is 4.98. The van der Waals surface area contributed by atoms with Crippen LogP contribution in [0.2, 0.25) is 0 Å². The highest BCUT2D eigenvalue weighted by Gasteiger charge is 1.93. The van der Waals surface area contributed by atoms with E-state index in [2.05, 4.69) is 25.1 Å². The number of para-hydroxylation sites is 1. The summed E-state index contributed by atoms with van der Waals surface area (Å²) in [6, 6.07) is 15.9. The van der Waals surface area contributed by atoms with Crippen LogP contribution in [0.25, 0.3) is 6.08 Å². The molecule has 0 radical (unpaired) electrons. The highest BCUT2D eigenvalue weighted by atomic mass is 16.5. The van der Waals surface area contributed by atoms with Gasteiger partial charge in [-0.15, -0.1) is 0 Å². The Morgan fingerprint density at radius 3 is 2.53 bits per heavy atom. The van der Waals surface area contributed by atoms with Crippen molar-refractivity contribution in [3.63, 3.8) is 0 Å². The number of nitrogens with two attached hydrogens (primary N) is 1. The number of ether oxygens (including phenoxy) is 1. The Hall–Kier alpha value is -2.22. The lowest BCUT2D eigenvalue weighted by Crippen LogP contribution is -1.95. The second-order valence-corrected chi connectivity index (χ2v) is 4.48. The Kier molecular flexibility index (Phi) is 4.62. The molecule has 0 aliphatic carbocycles. The van der Waals surface area contributed by atoms with Gasteiger partial charge in [-0.3, -0.25) is 0 Å². The van der Waals surface area contributed by atoms with Crippen molar-refractivity contribution in [2.75, 3.05) is 12.3 Å². The average molecular weight is 253 g/mol. The van der Waals surface area contributed by atoms with Crippen molar-refractivity contribution in [3.8, 4) is 5.75 Å². The van der Waals surface area contributed by atoms with Crippen molar-refractivity contribution < 1.29 is 4.74 Å². The van der Waals surface area contributed by atoms with Gasteiger partial charge in [0.25, 0.3) is 0 Å². The number of benzene rings is 2. The first-order chi connectivity index (χ1) is 9.25. The monoisotopic (exact) mass is 253 g/mol. The van der Waals surface area contributed by atoms with Gasteiger partial charge in [0.1, 0.15) is 5.75 Å². The van der Waals surface area contributed by atoms with E-state index in [4.69, 9.17) is 10.5 Å². The molecular formula is C17H19NO. The predicted octanol–water partition coefficient (Wildman–Crippen LogP) is 4.06. The van der Waals surface area contributed by atoms with E-state index in [1.807, 2.05) is 42.5 Å². The van der Waals surface area contributed by atoms with Gasteiger partial charge in [0.15, 0.2) is 0 Å².